The number of carbonyl (C=O) groups is 1. The van der Waals surface area contributed by atoms with Gasteiger partial charge in [0.25, 0.3) is 5.91 Å². The van der Waals surface area contributed by atoms with Gasteiger partial charge in [0.1, 0.15) is 11.5 Å². The van der Waals surface area contributed by atoms with Gasteiger partial charge in [0.05, 0.1) is 11.1 Å². The van der Waals surface area contributed by atoms with Crippen LogP contribution in [-0.2, 0) is 0 Å². The number of fused-ring (bicyclic) bond motifs is 2. The van der Waals surface area contributed by atoms with E-state index < -0.39 is 0 Å². The van der Waals surface area contributed by atoms with Crippen LogP contribution in [0, 0.1) is 13.8 Å². The van der Waals surface area contributed by atoms with Gasteiger partial charge in [-0.3, -0.25) is 4.79 Å². The average Bonchev–Trinajstić information content (AvgIpc) is 2.66. The predicted octanol–water partition coefficient (Wildman–Crippen LogP) is 5.27. The van der Waals surface area contributed by atoms with Crippen molar-refractivity contribution in [3.63, 3.8) is 0 Å². The largest absolute Gasteiger partial charge is 0.507 e. The number of phenols is 2. The highest BCUT2D eigenvalue weighted by Crippen LogP contribution is 2.44. The molecule has 0 saturated carbocycles. The highest BCUT2D eigenvalue weighted by atomic mass is 16.3. The van der Waals surface area contributed by atoms with Crippen LogP contribution in [-0.4, -0.2) is 16.1 Å². The van der Waals surface area contributed by atoms with E-state index in [1.54, 1.807) is 48.5 Å². The van der Waals surface area contributed by atoms with Gasteiger partial charge in [-0.15, -0.1) is 0 Å². The first kappa shape index (κ1) is 16.9. The van der Waals surface area contributed by atoms with Gasteiger partial charge in [0.2, 0.25) is 0 Å². The number of aryl methyl sites for hydroxylation is 2. The van der Waals surface area contributed by atoms with Gasteiger partial charge in [-0.1, -0.05) is 54.1 Å². The molecule has 0 atom stereocenters. The van der Waals surface area contributed by atoms with Gasteiger partial charge in [-0.25, -0.2) is 0 Å². The zero-order valence-electron chi connectivity index (χ0n) is 15.1. The summed E-state index contributed by atoms with van der Waals surface area (Å²) in [7, 11) is 0. The van der Waals surface area contributed by atoms with E-state index in [-0.39, 0.29) is 17.4 Å². The zero-order valence-corrected chi connectivity index (χ0v) is 15.1. The second-order valence-electron chi connectivity index (χ2n) is 6.74. The lowest BCUT2D eigenvalue weighted by molar-refractivity contribution is 0.102. The highest BCUT2D eigenvalue weighted by Gasteiger charge is 2.17. The van der Waals surface area contributed by atoms with Crippen LogP contribution < -0.4 is 5.32 Å². The lowest BCUT2D eigenvalue weighted by Gasteiger charge is -2.14. The van der Waals surface area contributed by atoms with Crippen molar-refractivity contribution in [2.24, 2.45) is 0 Å². The van der Waals surface area contributed by atoms with Crippen LogP contribution in [0.4, 0.5) is 5.69 Å². The maximum atomic E-state index is 12.8. The molecule has 4 rings (SSSR count). The maximum absolute atomic E-state index is 12.8. The van der Waals surface area contributed by atoms with E-state index in [2.05, 4.69) is 5.32 Å². The summed E-state index contributed by atoms with van der Waals surface area (Å²) < 4.78 is 0. The molecule has 1 amide bonds. The maximum Gasteiger partial charge on any atom is 0.255 e. The molecule has 0 radical (unpaired) electrons. The van der Waals surface area contributed by atoms with Crippen LogP contribution in [0.2, 0.25) is 0 Å². The molecule has 4 aromatic rings. The number of hydrogen-bond donors (Lipinski definition) is 3. The molecule has 27 heavy (non-hydrogen) atoms. The van der Waals surface area contributed by atoms with Gasteiger partial charge in [-0.2, -0.15) is 0 Å². The topological polar surface area (TPSA) is 69.6 Å². The Balaban J connectivity index is 1.88. The summed E-state index contributed by atoms with van der Waals surface area (Å²) >= 11 is 0. The lowest BCUT2D eigenvalue weighted by Crippen LogP contribution is -2.13. The third-order valence-corrected chi connectivity index (χ3v) is 4.87. The van der Waals surface area contributed by atoms with Crippen molar-refractivity contribution in [1.82, 2.24) is 0 Å². The molecule has 0 aliphatic heterocycles. The molecule has 0 fully saturated rings. The second kappa shape index (κ2) is 6.32. The van der Waals surface area contributed by atoms with Crippen LogP contribution in [0.1, 0.15) is 21.5 Å². The number of anilines is 1. The fourth-order valence-corrected chi connectivity index (χ4v) is 3.54. The van der Waals surface area contributed by atoms with Crippen molar-refractivity contribution in [3.05, 3.63) is 77.4 Å². The molecule has 4 nitrogen and oxygen atoms in total. The number of aromatic hydroxyl groups is 2. The summed E-state index contributed by atoms with van der Waals surface area (Å²) in [6.45, 7) is 3.87. The summed E-state index contributed by atoms with van der Waals surface area (Å²) in [5.74, 6) is -0.136. The first-order chi connectivity index (χ1) is 13.0. The van der Waals surface area contributed by atoms with Crippen LogP contribution in [0.25, 0.3) is 21.5 Å². The first-order valence-electron chi connectivity index (χ1n) is 8.71. The standard InChI is InChI=1S/C23H19NO3/c1-13-10-11-15(14(2)12-13)23(27)24-19-9-5-8-18-20(19)22(26)17-7-4-3-6-16(17)21(18)25/h3-12,25-26H,1-2H3,(H,24,27). The molecule has 0 bridgehead atoms. The Morgan fingerprint density at radius 1 is 0.815 bits per heavy atom. The highest BCUT2D eigenvalue weighted by molar-refractivity contribution is 6.18. The minimum Gasteiger partial charge on any atom is -0.507 e. The molecule has 0 saturated heterocycles. The van der Waals surface area contributed by atoms with E-state index in [4.69, 9.17) is 0 Å². The number of rotatable bonds is 2. The summed E-state index contributed by atoms with van der Waals surface area (Å²) in [5, 5.41) is 26.4. The van der Waals surface area contributed by atoms with E-state index in [9.17, 15) is 15.0 Å². The van der Waals surface area contributed by atoms with Crippen molar-refractivity contribution in [2.45, 2.75) is 13.8 Å². The van der Waals surface area contributed by atoms with Crippen LogP contribution in [0.5, 0.6) is 11.5 Å². The van der Waals surface area contributed by atoms with E-state index in [0.717, 1.165) is 11.1 Å². The molecule has 0 unspecified atom stereocenters. The Bertz CT molecular complexity index is 1210. The van der Waals surface area contributed by atoms with E-state index in [1.165, 1.54) is 0 Å². The van der Waals surface area contributed by atoms with Crippen molar-refractivity contribution in [3.8, 4) is 11.5 Å². The Hall–Kier alpha value is -3.53. The Morgan fingerprint density at radius 3 is 2.19 bits per heavy atom. The molecule has 3 N–H and O–H groups in total. The number of hydrogen-bond acceptors (Lipinski definition) is 3. The minimum atomic E-state index is -0.257. The van der Waals surface area contributed by atoms with Crippen molar-refractivity contribution >= 4 is 33.1 Å². The normalized spacial score (nSPS) is 11.0. The fraction of sp³-hybridized carbons (Fsp3) is 0.0870. The second-order valence-corrected chi connectivity index (χ2v) is 6.74. The summed E-state index contributed by atoms with van der Waals surface area (Å²) in [5.41, 5.74) is 2.99. The number of nitrogens with one attached hydrogen (secondary N) is 1. The Labute approximate surface area is 156 Å². The molecule has 0 aromatic heterocycles. The van der Waals surface area contributed by atoms with Gasteiger partial charge < -0.3 is 15.5 Å². The number of amides is 1. The monoisotopic (exact) mass is 357 g/mol. The van der Waals surface area contributed by atoms with Gasteiger partial charge in [0.15, 0.2) is 0 Å². The van der Waals surface area contributed by atoms with Crippen LogP contribution in [0.15, 0.2) is 60.7 Å². The molecule has 0 spiro atoms. The zero-order chi connectivity index (χ0) is 19.1. The van der Waals surface area contributed by atoms with Gasteiger partial charge in [-0.05, 0) is 31.5 Å². The molecule has 0 aliphatic carbocycles. The predicted molar refractivity (Wildman–Crippen MR) is 109 cm³/mol. The average molecular weight is 357 g/mol. The van der Waals surface area contributed by atoms with E-state index in [1.807, 2.05) is 26.0 Å². The van der Waals surface area contributed by atoms with Crippen molar-refractivity contribution in [1.29, 1.82) is 0 Å². The smallest absolute Gasteiger partial charge is 0.255 e. The molecule has 134 valence electrons. The molecule has 4 aromatic carbocycles. The fourth-order valence-electron chi connectivity index (χ4n) is 3.54. The van der Waals surface area contributed by atoms with E-state index in [0.29, 0.717) is 32.8 Å². The minimum absolute atomic E-state index is 0.0370. The summed E-state index contributed by atoms with van der Waals surface area (Å²) in [6, 6.07) is 17.9. The molecule has 4 heteroatoms. The number of carbonyl (C=O) groups excluding carboxylic acids is 1. The third kappa shape index (κ3) is 2.75. The molecular formula is C23H19NO3. The Kier molecular flexibility index (Phi) is 3.96. The molecule has 0 aliphatic rings. The molecule has 0 heterocycles. The quantitative estimate of drug-likeness (QED) is 0.338. The van der Waals surface area contributed by atoms with Crippen molar-refractivity contribution < 1.29 is 15.0 Å². The van der Waals surface area contributed by atoms with Gasteiger partial charge >= 0.3 is 0 Å². The molecular weight excluding hydrogens is 338 g/mol. The van der Waals surface area contributed by atoms with Gasteiger partial charge in [0, 0.05) is 21.7 Å². The van der Waals surface area contributed by atoms with Crippen molar-refractivity contribution in [2.75, 3.05) is 5.32 Å². The Morgan fingerprint density at radius 2 is 1.48 bits per heavy atom. The first-order valence-corrected chi connectivity index (χ1v) is 8.71. The SMILES string of the molecule is Cc1ccc(C(=O)Nc2cccc3c(O)c4ccccc4c(O)c23)c(C)c1. The third-order valence-electron chi connectivity index (χ3n) is 4.87. The number of phenolic OH excluding ortho intramolecular Hbond substituents is 2. The van der Waals surface area contributed by atoms with E-state index >= 15 is 0 Å². The summed E-state index contributed by atoms with van der Waals surface area (Å²) in [4.78, 5) is 12.8. The summed E-state index contributed by atoms with van der Waals surface area (Å²) in [6.07, 6.45) is 0. The number of benzene rings is 4. The lowest BCUT2D eigenvalue weighted by atomic mass is 9.99. The van der Waals surface area contributed by atoms with Crippen LogP contribution >= 0.6 is 0 Å². The van der Waals surface area contributed by atoms with Crippen LogP contribution in [0.3, 0.4) is 0 Å².